The second-order valence-electron chi connectivity index (χ2n) is 8.52. The number of hydrogen-bond donors (Lipinski definition) is 1. The Balaban J connectivity index is 1.30. The zero-order chi connectivity index (χ0) is 22.3. The fourth-order valence-electron chi connectivity index (χ4n) is 4.41. The van der Waals surface area contributed by atoms with Crippen LogP contribution in [0.25, 0.3) is 0 Å². The van der Waals surface area contributed by atoms with Gasteiger partial charge in [-0.1, -0.05) is 18.2 Å². The molecule has 2 saturated heterocycles. The molecule has 2 fully saturated rings. The van der Waals surface area contributed by atoms with Gasteiger partial charge in [-0.3, -0.25) is 9.59 Å². The standard InChI is InChI=1S/C24H29FN4O3/c25-21-6-2-1-4-18(21)14-27-24(31)20-15-26-16-28-22(20)12-17-7-9-29(10-8-17)23(30)13-19-5-3-11-32-19/h1-2,4,6,15-17,19H,3,5,7-14H2,(H,27,31)/t19-/m0/s1. The normalized spacial score (nSPS) is 19.2. The van der Waals surface area contributed by atoms with Crippen molar-refractivity contribution in [3.8, 4) is 0 Å². The van der Waals surface area contributed by atoms with Crippen molar-refractivity contribution >= 4 is 11.8 Å². The van der Waals surface area contributed by atoms with Crippen molar-refractivity contribution in [2.45, 2.75) is 51.2 Å². The Morgan fingerprint density at radius 1 is 1.19 bits per heavy atom. The lowest BCUT2D eigenvalue weighted by Gasteiger charge is -2.32. The smallest absolute Gasteiger partial charge is 0.254 e. The van der Waals surface area contributed by atoms with Gasteiger partial charge in [0.05, 0.1) is 23.8 Å². The second-order valence-corrected chi connectivity index (χ2v) is 8.52. The van der Waals surface area contributed by atoms with Gasteiger partial charge in [-0.05, 0) is 44.1 Å². The van der Waals surface area contributed by atoms with E-state index in [0.717, 1.165) is 45.4 Å². The number of rotatable bonds is 7. The first kappa shape index (κ1) is 22.3. The van der Waals surface area contributed by atoms with Crippen molar-refractivity contribution in [3.05, 3.63) is 59.4 Å². The molecular formula is C24H29FN4O3. The monoisotopic (exact) mass is 440 g/mol. The van der Waals surface area contributed by atoms with E-state index in [0.29, 0.717) is 35.6 Å². The lowest BCUT2D eigenvalue weighted by Crippen LogP contribution is -2.40. The molecule has 2 aliphatic heterocycles. The van der Waals surface area contributed by atoms with Crippen molar-refractivity contribution in [3.63, 3.8) is 0 Å². The first-order valence-corrected chi connectivity index (χ1v) is 11.3. The number of halogens is 1. The molecule has 3 heterocycles. The van der Waals surface area contributed by atoms with Crippen LogP contribution in [0, 0.1) is 11.7 Å². The average molecular weight is 441 g/mol. The van der Waals surface area contributed by atoms with E-state index >= 15 is 0 Å². The number of likely N-dealkylation sites (tertiary alicyclic amines) is 1. The highest BCUT2D eigenvalue weighted by Crippen LogP contribution is 2.24. The Labute approximate surface area is 187 Å². The summed E-state index contributed by atoms with van der Waals surface area (Å²) in [5.41, 5.74) is 1.54. The molecule has 1 atom stereocenters. The summed E-state index contributed by atoms with van der Waals surface area (Å²) in [6.45, 7) is 2.30. The number of nitrogens with one attached hydrogen (secondary N) is 1. The fourth-order valence-corrected chi connectivity index (χ4v) is 4.41. The molecule has 0 bridgehead atoms. The van der Waals surface area contributed by atoms with Crippen LogP contribution in [-0.4, -0.2) is 52.5 Å². The summed E-state index contributed by atoms with van der Waals surface area (Å²) in [5.74, 6) is -0.147. The lowest BCUT2D eigenvalue weighted by molar-refractivity contribution is -0.134. The summed E-state index contributed by atoms with van der Waals surface area (Å²) >= 11 is 0. The predicted octanol–water partition coefficient (Wildman–Crippen LogP) is 2.90. The quantitative estimate of drug-likeness (QED) is 0.716. The zero-order valence-electron chi connectivity index (χ0n) is 18.1. The van der Waals surface area contributed by atoms with Crippen molar-refractivity contribution in [2.75, 3.05) is 19.7 Å². The number of amides is 2. The molecule has 1 aromatic carbocycles. The van der Waals surface area contributed by atoms with Crippen LogP contribution in [0.15, 0.2) is 36.8 Å². The lowest BCUT2D eigenvalue weighted by atomic mass is 9.90. The third-order valence-electron chi connectivity index (χ3n) is 6.31. The van der Waals surface area contributed by atoms with Crippen LogP contribution in [0.3, 0.4) is 0 Å². The third kappa shape index (κ3) is 5.68. The number of hydrogen-bond acceptors (Lipinski definition) is 5. The maximum atomic E-state index is 13.8. The minimum Gasteiger partial charge on any atom is -0.378 e. The summed E-state index contributed by atoms with van der Waals surface area (Å²) in [4.78, 5) is 35.5. The average Bonchev–Trinajstić information content (AvgIpc) is 3.32. The molecule has 1 N–H and O–H groups in total. The molecular weight excluding hydrogens is 411 g/mol. The van der Waals surface area contributed by atoms with Crippen LogP contribution in [0.2, 0.25) is 0 Å². The van der Waals surface area contributed by atoms with E-state index in [1.807, 2.05) is 4.90 Å². The largest absolute Gasteiger partial charge is 0.378 e. The molecule has 2 aromatic rings. The first-order valence-electron chi connectivity index (χ1n) is 11.3. The summed E-state index contributed by atoms with van der Waals surface area (Å²) in [7, 11) is 0. The van der Waals surface area contributed by atoms with Crippen molar-refractivity contribution in [2.24, 2.45) is 5.92 Å². The SMILES string of the molecule is O=C(NCc1ccccc1F)c1cncnc1CC1CCN(C(=O)C[C@@H]2CCCO2)CC1. The van der Waals surface area contributed by atoms with Gasteiger partial charge in [0, 0.05) is 38.0 Å². The highest BCUT2D eigenvalue weighted by Gasteiger charge is 2.27. The molecule has 7 nitrogen and oxygen atoms in total. The van der Waals surface area contributed by atoms with Crippen LogP contribution in [0.1, 0.15) is 53.7 Å². The van der Waals surface area contributed by atoms with Crippen LogP contribution < -0.4 is 5.32 Å². The minimum atomic E-state index is -0.349. The summed E-state index contributed by atoms with van der Waals surface area (Å²) in [6.07, 6.45) is 7.91. The van der Waals surface area contributed by atoms with Crippen molar-refractivity contribution in [1.29, 1.82) is 0 Å². The Hall–Kier alpha value is -2.87. The summed E-state index contributed by atoms with van der Waals surface area (Å²) in [6, 6.07) is 6.37. The van der Waals surface area contributed by atoms with E-state index in [4.69, 9.17) is 4.74 Å². The molecule has 0 radical (unpaired) electrons. The zero-order valence-corrected chi connectivity index (χ0v) is 18.1. The van der Waals surface area contributed by atoms with Gasteiger partial charge >= 0.3 is 0 Å². The van der Waals surface area contributed by atoms with E-state index in [1.54, 1.807) is 18.2 Å². The minimum absolute atomic E-state index is 0.0756. The van der Waals surface area contributed by atoms with Crippen LogP contribution in [-0.2, 0) is 22.5 Å². The number of piperidine rings is 1. The Bertz CT molecular complexity index is 940. The van der Waals surface area contributed by atoms with Crippen LogP contribution in [0.4, 0.5) is 4.39 Å². The maximum absolute atomic E-state index is 13.8. The Morgan fingerprint density at radius 3 is 2.75 bits per heavy atom. The van der Waals surface area contributed by atoms with Gasteiger partial charge < -0.3 is 15.0 Å². The van der Waals surface area contributed by atoms with Gasteiger partial charge in [0.2, 0.25) is 5.91 Å². The number of benzene rings is 1. The predicted molar refractivity (Wildman–Crippen MR) is 116 cm³/mol. The molecule has 0 unspecified atom stereocenters. The molecule has 32 heavy (non-hydrogen) atoms. The number of aromatic nitrogens is 2. The Morgan fingerprint density at radius 2 is 2.00 bits per heavy atom. The molecule has 0 spiro atoms. The molecule has 8 heteroatoms. The van der Waals surface area contributed by atoms with Gasteiger partial charge in [-0.25, -0.2) is 14.4 Å². The number of ether oxygens (including phenoxy) is 1. The second kappa shape index (κ2) is 10.6. The van der Waals surface area contributed by atoms with E-state index in [9.17, 15) is 14.0 Å². The Kier molecular flexibility index (Phi) is 7.42. The molecule has 2 aliphatic rings. The van der Waals surface area contributed by atoms with E-state index in [1.165, 1.54) is 18.6 Å². The van der Waals surface area contributed by atoms with E-state index < -0.39 is 0 Å². The molecule has 0 saturated carbocycles. The first-order chi connectivity index (χ1) is 15.6. The molecule has 2 amide bonds. The van der Waals surface area contributed by atoms with Crippen molar-refractivity contribution in [1.82, 2.24) is 20.2 Å². The molecule has 4 rings (SSSR count). The fraction of sp³-hybridized carbons (Fsp3) is 0.500. The molecule has 170 valence electrons. The van der Waals surface area contributed by atoms with Gasteiger partial charge in [0.15, 0.2) is 0 Å². The van der Waals surface area contributed by atoms with Crippen LogP contribution in [0.5, 0.6) is 0 Å². The topological polar surface area (TPSA) is 84.4 Å². The third-order valence-corrected chi connectivity index (χ3v) is 6.31. The van der Waals surface area contributed by atoms with Gasteiger partial charge in [0.25, 0.3) is 5.91 Å². The van der Waals surface area contributed by atoms with E-state index in [-0.39, 0.29) is 30.3 Å². The van der Waals surface area contributed by atoms with Crippen molar-refractivity contribution < 1.29 is 18.7 Å². The van der Waals surface area contributed by atoms with Gasteiger partial charge in [-0.2, -0.15) is 0 Å². The summed E-state index contributed by atoms with van der Waals surface area (Å²) in [5, 5.41) is 2.77. The van der Waals surface area contributed by atoms with Gasteiger partial charge in [-0.15, -0.1) is 0 Å². The number of carbonyl (C=O) groups is 2. The summed E-state index contributed by atoms with van der Waals surface area (Å²) < 4.78 is 19.4. The van der Waals surface area contributed by atoms with Crippen LogP contribution >= 0.6 is 0 Å². The number of carbonyl (C=O) groups excluding carboxylic acids is 2. The molecule has 1 aromatic heterocycles. The molecule has 0 aliphatic carbocycles. The van der Waals surface area contributed by atoms with Gasteiger partial charge in [0.1, 0.15) is 12.1 Å². The highest BCUT2D eigenvalue weighted by molar-refractivity contribution is 5.94. The maximum Gasteiger partial charge on any atom is 0.254 e. The number of nitrogens with zero attached hydrogens (tertiary/aromatic N) is 3. The highest BCUT2D eigenvalue weighted by atomic mass is 19.1. The van der Waals surface area contributed by atoms with E-state index in [2.05, 4.69) is 15.3 Å².